The molecule has 2 amide bonds. The number of rotatable bonds is 1. The highest BCUT2D eigenvalue weighted by atomic mass is 16.5. The summed E-state index contributed by atoms with van der Waals surface area (Å²) in [6.45, 7) is 7.13. The number of amides is 2. The van der Waals surface area contributed by atoms with Crippen molar-refractivity contribution in [2.75, 3.05) is 39.4 Å². The molecule has 0 unspecified atom stereocenters. The molecule has 0 saturated carbocycles. The Kier molecular flexibility index (Phi) is 4.80. The summed E-state index contributed by atoms with van der Waals surface area (Å²) in [5, 5.41) is 0. The van der Waals surface area contributed by atoms with Crippen LogP contribution in [0.3, 0.4) is 0 Å². The van der Waals surface area contributed by atoms with E-state index in [1.807, 2.05) is 16.7 Å². The van der Waals surface area contributed by atoms with Crippen molar-refractivity contribution in [3.63, 3.8) is 0 Å². The molecule has 3 rings (SSSR count). The second kappa shape index (κ2) is 6.84. The molecule has 0 radical (unpaired) electrons. The molecule has 2 saturated heterocycles. The smallest absolute Gasteiger partial charge is 0.274 e. The van der Waals surface area contributed by atoms with Crippen LogP contribution < -0.4 is 0 Å². The van der Waals surface area contributed by atoms with Crippen molar-refractivity contribution in [3.8, 4) is 0 Å². The van der Waals surface area contributed by atoms with Gasteiger partial charge in [0, 0.05) is 44.7 Å². The number of aromatic nitrogens is 2. The van der Waals surface area contributed by atoms with Crippen LogP contribution in [0.4, 0.5) is 0 Å². The van der Waals surface area contributed by atoms with Crippen LogP contribution in [0, 0.1) is 12.3 Å². The molecule has 7 heteroatoms. The van der Waals surface area contributed by atoms with Crippen LogP contribution in [-0.2, 0) is 9.53 Å². The highest BCUT2D eigenvalue weighted by molar-refractivity contribution is 5.92. The first-order valence-electron chi connectivity index (χ1n) is 8.40. The van der Waals surface area contributed by atoms with E-state index < -0.39 is 0 Å². The molecule has 2 aliphatic heterocycles. The highest BCUT2D eigenvalue weighted by Gasteiger charge is 2.41. The van der Waals surface area contributed by atoms with Gasteiger partial charge < -0.3 is 14.5 Å². The Balaban J connectivity index is 1.76. The number of hydrogen-bond donors (Lipinski definition) is 0. The molecule has 1 aromatic heterocycles. The standard InChI is InChI=1S/C17H24N4O3/c1-13-8-19-15(9-18-13)16(23)21-5-3-4-17(11-21)10-20(14(2)22)6-7-24-12-17/h8-9H,3-7,10-12H2,1-2H3/t17-/m1/s1. The van der Waals surface area contributed by atoms with Crippen LogP contribution in [0.5, 0.6) is 0 Å². The molecular formula is C17H24N4O3. The summed E-state index contributed by atoms with van der Waals surface area (Å²) >= 11 is 0. The maximum atomic E-state index is 12.7. The summed E-state index contributed by atoms with van der Waals surface area (Å²) in [7, 11) is 0. The van der Waals surface area contributed by atoms with Crippen molar-refractivity contribution in [1.29, 1.82) is 0 Å². The van der Waals surface area contributed by atoms with E-state index >= 15 is 0 Å². The summed E-state index contributed by atoms with van der Waals surface area (Å²) in [6, 6.07) is 0. The minimum Gasteiger partial charge on any atom is -0.379 e. The number of carbonyl (C=O) groups excluding carboxylic acids is 2. The largest absolute Gasteiger partial charge is 0.379 e. The van der Waals surface area contributed by atoms with Crippen LogP contribution in [0.2, 0.25) is 0 Å². The van der Waals surface area contributed by atoms with Gasteiger partial charge in [0.25, 0.3) is 5.91 Å². The molecule has 0 aromatic carbocycles. The Morgan fingerprint density at radius 2 is 1.96 bits per heavy atom. The second-order valence-electron chi connectivity index (χ2n) is 6.87. The molecular weight excluding hydrogens is 308 g/mol. The predicted molar refractivity (Wildman–Crippen MR) is 87.4 cm³/mol. The van der Waals surface area contributed by atoms with Crippen LogP contribution in [-0.4, -0.2) is 71.0 Å². The fourth-order valence-electron chi connectivity index (χ4n) is 3.55. The van der Waals surface area contributed by atoms with Gasteiger partial charge in [0.15, 0.2) is 0 Å². The summed E-state index contributed by atoms with van der Waals surface area (Å²) in [6.07, 6.45) is 5.00. The Morgan fingerprint density at radius 1 is 1.17 bits per heavy atom. The molecule has 0 aliphatic carbocycles. The Hall–Kier alpha value is -2.02. The summed E-state index contributed by atoms with van der Waals surface area (Å²) in [5.41, 5.74) is 0.973. The third-order valence-corrected chi connectivity index (χ3v) is 4.83. The molecule has 130 valence electrons. The predicted octanol–water partition coefficient (Wildman–Crippen LogP) is 0.886. The molecule has 7 nitrogen and oxygen atoms in total. The summed E-state index contributed by atoms with van der Waals surface area (Å²) in [4.78, 5) is 36.6. The van der Waals surface area contributed by atoms with Crippen molar-refractivity contribution in [2.45, 2.75) is 26.7 Å². The minimum atomic E-state index is -0.186. The van der Waals surface area contributed by atoms with E-state index in [4.69, 9.17) is 4.74 Å². The monoisotopic (exact) mass is 332 g/mol. The van der Waals surface area contributed by atoms with E-state index in [1.54, 1.807) is 13.1 Å². The van der Waals surface area contributed by atoms with E-state index in [0.29, 0.717) is 45.1 Å². The first-order chi connectivity index (χ1) is 11.5. The van der Waals surface area contributed by atoms with Crippen molar-refractivity contribution in [2.24, 2.45) is 5.41 Å². The fourth-order valence-corrected chi connectivity index (χ4v) is 3.55. The van der Waals surface area contributed by atoms with Gasteiger partial charge in [0.2, 0.25) is 5.91 Å². The average Bonchev–Trinajstić information content (AvgIpc) is 2.78. The van der Waals surface area contributed by atoms with E-state index in [-0.39, 0.29) is 17.2 Å². The molecule has 24 heavy (non-hydrogen) atoms. The Labute approximate surface area is 142 Å². The van der Waals surface area contributed by atoms with Crippen LogP contribution in [0.15, 0.2) is 12.4 Å². The Morgan fingerprint density at radius 3 is 2.67 bits per heavy atom. The van der Waals surface area contributed by atoms with Gasteiger partial charge in [-0.15, -0.1) is 0 Å². The fraction of sp³-hybridized carbons (Fsp3) is 0.647. The number of carbonyl (C=O) groups is 2. The van der Waals surface area contributed by atoms with Gasteiger partial charge >= 0.3 is 0 Å². The van der Waals surface area contributed by atoms with Gasteiger partial charge in [0.1, 0.15) is 5.69 Å². The third kappa shape index (κ3) is 3.56. The van der Waals surface area contributed by atoms with Crippen LogP contribution >= 0.6 is 0 Å². The van der Waals surface area contributed by atoms with E-state index in [1.165, 1.54) is 6.20 Å². The zero-order chi connectivity index (χ0) is 17.2. The van der Waals surface area contributed by atoms with Gasteiger partial charge in [-0.25, -0.2) is 4.98 Å². The maximum Gasteiger partial charge on any atom is 0.274 e. The first-order valence-corrected chi connectivity index (χ1v) is 8.40. The SMILES string of the molecule is CC(=O)N1CCOC[C@]2(CCCN(C(=O)c3cnc(C)cn3)C2)C1. The molecule has 2 aliphatic rings. The number of piperidine rings is 1. The molecule has 1 spiro atoms. The lowest BCUT2D eigenvalue weighted by molar-refractivity contribution is -0.130. The highest BCUT2D eigenvalue weighted by Crippen LogP contribution is 2.33. The molecule has 3 heterocycles. The van der Waals surface area contributed by atoms with E-state index in [9.17, 15) is 9.59 Å². The van der Waals surface area contributed by atoms with Gasteiger partial charge in [-0.3, -0.25) is 14.6 Å². The van der Waals surface area contributed by atoms with Gasteiger partial charge in [-0.05, 0) is 19.8 Å². The van der Waals surface area contributed by atoms with Crippen molar-refractivity contribution < 1.29 is 14.3 Å². The summed E-state index contributed by atoms with van der Waals surface area (Å²) < 4.78 is 5.76. The van der Waals surface area contributed by atoms with Gasteiger partial charge in [-0.1, -0.05) is 0 Å². The van der Waals surface area contributed by atoms with Crippen molar-refractivity contribution in [1.82, 2.24) is 19.8 Å². The zero-order valence-corrected chi connectivity index (χ0v) is 14.3. The third-order valence-electron chi connectivity index (χ3n) is 4.83. The van der Waals surface area contributed by atoms with E-state index in [0.717, 1.165) is 18.5 Å². The number of nitrogens with zero attached hydrogens (tertiary/aromatic N) is 4. The number of likely N-dealkylation sites (tertiary alicyclic amines) is 1. The normalized spacial score (nSPS) is 24.8. The zero-order valence-electron chi connectivity index (χ0n) is 14.3. The first kappa shape index (κ1) is 16.8. The topological polar surface area (TPSA) is 75.6 Å². The molecule has 1 atom stereocenters. The number of aryl methyl sites for hydroxylation is 1. The van der Waals surface area contributed by atoms with Gasteiger partial charge in [-0.2, -0.15) is 0 Å². The average molecular weight is 332 g/mol. The van der Waals surface area contributed by atoms with Crippen molar-refractivity contribution in [3.05, 3.63) is 23.8 Å². The lowest BCUT2D eigenvalue weighted by Gasteiger charge is -2.43. The molecule has 0 N–H and O–H groups in total. The van der Waals surface area contributed by atoms with Crippen LogP contribution in [0.1, 0.15) is 35.9 Å². The summed E-state index contributed by atoms with van der Waals surface area (Å²) in [5.74, 6) is -0.0343. The molecule has 1 aromatic rings. The Bertz CT molecular complexity index is 619. The lowest BCUT2D eigenvalue weighted by Crippen LogP contribution is -2.52. The van der Waals surface area contributed by atoms with Crippen molar-refractivity contribution >= 4 is 11.8 Å². The maximum absolute atomic E-state index is 12.7. The van der Waals surface area contributed by atoms with E-state index in [2.05, 4.69) is 9.97 Å². The van der Waals surface area contributed by atoms with Crippen LogP contribution in [0.25, 0.3) is 0 Å². The quantitative estimate of drug-likeness (QED) is 0.763. The minimum absolute atomic E-state index is 0.0627. The van der Waals surface area contributed by atoms with Gasteiger partial charge in [0.05, 0.1) is 25.1 Å². The second-order valence-corrected chi connectivity index (χ2v) is 6.87. The molecule has 0 bridgehead atoms. The number of ether oxygens (including phenoxy) is 1. The number of hydrogen-bond acceptors (Lipinski definition) is 5. The molecule has 2 fully saturated rings. The lowest BCUT2D eigenvalue weighted by atomic mass is 9.80.